The average molecular weight is 410 g/mol. The van der Waals surface area contributed by atoms with E-state index in [-0.39, 0.29) is 6.61 Å². The second kappa shape index (κ2) is 8.82. The van der Waals surface area contributed by atoms with E-state index >= 15 is 0 Å². The van der Waals surface area contributed by atoms with E-state index in [2.05, 4.69) is 5.32 Å². The summed E-state index contributed by atoms with van der Waals surface area (Å²) in [6.07, 6.45) is -3.09. The smallest absolute Gasteiger partial charge is 0.312 e. The Bertz CT molecular complexity index is 692. The molecule has 1 unspecified atom stereocenters. The molecular formula is C20H27NO6S. The number of thioether (sulfide) groups is 1. The maximum absolute atomic E-state index is 12.9. The summed E-state index contributed by atoms with van der Waals surface area (Å²) in [6.45, 7) is 7.42. The first-order valence-corrected chi connectivity index (χ1v) is 10.4. The Labute approximate surface area is 169 Å². The molecule has 154 valence electrons. The third-order valence-corrected chi connectivity index (χ3v) is 5.28. The molecule has 0 radical (unpaired) electrons. The summed E-state index contributed by atoms with van der Waals surface area (Å²) in [4.78, 5) is 25.3. The summed E-state index contributed by atoms with van der Waals surface area (Å²) in [5.41, 5.74) is -0.473. The van der Waals surface area contributed by atoms with Crippen LogP contribution < -0.4 is 5.32 Å². The summed E-state index contributed by atoms with van der Waals surface area (Å²) >= 11 is 1.44. The number of benzene rings is 1. The highest BCUT2D eigenvalue weighted by Crippen LogP contribution is 2.33. The number of carbonyl (C=O) groups is 2. The minimum absolute atomic E-state index is 0.226. The molecular weight excluding hydrogens is 382 g/mol. The fourth-order valence-electron chi connectivity index (χ4n) is 2.90. The quantitative estimate of drug-likeness (QED) is 0.766. The van der Waals surface area contributed by atoms with Crippen LogP contribution in [0, 0.1) is 5.41 Å². The van der Waals surface area contributed by atoms with E-state index in [1.165, 1.54) is 11.8 Å². The number of carbonyl (C=O) groups excluding carboxylic acids is 2. The van der Waals surface area contributed by atoms with Gasteiger partial charge in [0.2, 0.25) is 6.10 Å². The highest BCUT2D eigenvalue weighted by Gasteiger charge is 2.48. The first-order valence-electron chi connectivity index (χ1n) is 9.40. The van der Waals surface area contributed by atoms with Gasteiger partial charge in [-0.3, -0.25) is 9.59 Å². The van der Waals surface area contributed by atoms with Gasteiger partial charge in [-0.25, -0.2) is 0 Å². The van der Waals surface area contributed by atoms with Crippen molar-refractivity contribution in [1.82, 2.24) is 5.32 Å². The zero-order chi connectivity index (χ0) is 20.3. The van der Waals surface area contributed by atoms with Crippen LogP contribution in [-0.4, -0.2) is 48.1 Å². The van der Waals surface area contributed by atoms with Crippen molar-refractivity contribution in [2.75, 3.05) is 12.4 Å². The van der Waals surface area contributed by atoms with Crippen LogP contribution in [-0.2, 0) is 28.5 Å². The fraction of sp³-hybridized carbons (Fsp3) is 0.600. The summed E-state index contributed by atoms with van der Waals surface area (Å²) in [5, 5.41) is 2.79. The van der Waals surface area contributed by atoms with Crippen molar-refractivity contribution in [3.63, 3.8) is 0 Å². The Hall–Kier alpha value is -1.61. The summed E-state index contributed by atoms with van der Waals surface area (Å²) < 4.78 is 23.5. The monoisotopic (exact) mass is 409 g/mol. The molecule has 1 N–H and O–H groups in total. The van der Waals surface area contributed by atoms with Crippen molar-refractivity contribution in [3.05, 3.63) is 35.9 Å². The van der Waals surface area contributed by atoms with Gasteiger partial charge in [-0.2, -0.15) is 0 Å². The predicted octanol–water partition coefficient (Wildman–Crippen LogP) is 2.61. The van der Waals surface area contributed by atoms with Gasteiger partial charge in [-0.05, 0) is 26.5 Å². The number of hydrogen-bond donors (Lipinski definition) is 1. The summed E-state index contributed by atoms with van der Waals surface area (Å²) in [6, 6.07) is 9.44. The van der Waals surface area contributed by atoms with Gasteiger partial charge in [-0.1, -0.05) is 37.3 Å². The SMILES string of the molecule is CCS[C@@H]1NC(=O)[C@@H](OC(=O)C(C)(C)C)[C@@H]2OC(c3ccccc3)OC[C@H]2O1. The van der Waals surface area contributed by atoms with E-state index in [4.69, 9.17) is 18.9 Å². The van der Waals surface area contributed by atoms with Crippen molar-refractivity contribution >= 4 is 23.6 Å². The molecule has 3 rings (SSSR count). The molecule has 0 saturated carbocycles. The molecule has 2 heterocycles. The predicted molar refractivity (Wildman–Crippen MR) is 104 cm³/mol. The van der Waals surface area contributed by atoms with Crippen LogP contribution in [0.5, 0.6) is 0 Å². The van der Waals surface area contributed by atoms with E-state index in [1.807, 2.05) is 37.3 Å². The van der Waals surface area contributed by atoms with Gasteiger partial charge >= 0.3 is 5.97 Å². The second-order valence-electron chi connectivity index (χ2n) is 7.72. The van der Waals surface area contributed by atoms with Crippen molar-refractivity contribution in [2.24, 2.45) is 5.41 Å². The lowest BCUT2D eigenvalue weighted by molar-refractivity contribution is -0.280. The highest BCUT2D eigenvalue weighted by atomic mass is 32.2. The van der Waals surface area contributed by atoms with Gasteiger partial charge in [0.15, 0.2) is 11.8 Å². The molecule has 2 fully saturated rings. The Morgan fingerprint density at radius 1 is 1.25 bits per heavy atom. The van der Waals surface area contributed by atoms with Gasteiger partial charge in [0.05, 0.1) is 12.0 Å². The Kier molecular flexibility index (Phi) is 6.65. The number of esters is 1. The number of rotatable bonds is 4. The van der Waals surface area contributed by atoms with Crippen LogP contribution in [0.1, 0.15) is 39.5 Å². The van der Waals surface area contributed by atoms with Crippen LogP contribution in [0.4, 0.5) is 0 Å². The molecule has 5 atom stereocenters. The molecule has 0 spiro atoms. The lowest BCUT2D eigenvalue weighted by atomic mass is 9.97. The van der Waals surface area contributed by atoms with Crippen molar-refractivity contribution in [2.45, 2.75) is 57.9 Å². The van der Waals surface area contributed by atoms with E-state index in [1.54, 1.807) is 20.8 Å². The minimum Gasteiger partial charge on any atom is -0.449 e. The molecule has 1 aromatic carbocycles. The molecule has 7 nitrogen and oxygen atoms in total. The minimum atomic E-state index is -1.12. The second-order valence-corrected chi connectivity index (χ2v) is 9.06. The Morgan fingerprint density at radius 2 is 1.96 bits per heavy atom. The van der Waals surface area contributed by atoms with E-state index in [0.29, 0.717) is 0 Å². The lowest BCUT2D eigenvalue weighted by Gasteiger charge is -2.38. The Morgan fingerprint density at radius 3 is 2.61 bits per heavy atom. The van der Waals surface area contributed by atoms with Crippen LogP contribution >= 0.6 is 11.8 Å². The van der Waals surface area contributed by atoms with E-state index < -0.39 is 47.5 Å². The van der Waals surface area contributed by atoms with Gasteiger partial charge in [-0.15, -0.1) is 11.8 Å². The zero-order valence-corrected chi connectivity index (χ0v) is 17.4. The first-order chi connectivity index (χ1) is 13.3. The van der Waals surface area contributed by atoms with Crippen LogP contribution in [0.3, 0.4) is 0 Å². The maximum atomic E-state index is 12.9. The molecule has 2 saturated heterocycles. The lowest BCUT2D eigenvalue weighted by Crippen LogP contribution is -2.52. The number of fused-ring (bicyclic) bond motifs is 1. The van der Waals surface area contributed by atoms with E-state index in [0.717, 1.165) is 11.3 Å². The van der Waals surface area contributed by atoms with Gasteiger partial charge in [0, 0.05) is 5.56 Å². The first kappa shape index (κ1) is 21.1. The topological polar surface area (TPSA) is 83.1 Å². The third-order valence-electron chi connectivity index (χ3n) is 4.41. The van der Waals surface area contributed by atoms with Crippen LogP contribution in [0.2, 0.25) is 0 Å². The van der Waals surface area contributed by atoms with Crippen molar-refractivity contribution < 1.29 is 28.5 Å². The number of ether oxygens (including phenoxy) is 4. The highest BCUT2D eigenvalue weighted by molar-refractivity contribution is 7.99. The molecule has 2 aliphatic rings. The zero-order valence-electron chi connectivity index (χ0n) is 16.5. The molecule has 28 heavy (non-hydrogen) atoms. The molecule has 1 amide bonds. The average Bonchev–Trinajstić information content (AvgIpc) is 2.78. The Balaban J connectivity index is 1.86. The van der Waals surface area contributed by atoms with Gasteiger partial charge < -0.3 is 24.3 Å². The molecule has 2 aliphatic heterocycles. The fourth-order valence-corrected chi connectivity index (χ4v) is 3.62. The van der Waals surface area contributed by atoms with Gasteiger partial charge in [0.25, 0.3) is 5.91 Å². The maximum Gasteiger partial charge on any atom is 0.312 e. The summed E-state index contributed by atoms with van der Waals surface area (Å²) in [5.74, 6) is -0.146. The van der Waals surface area contributed by atoms with Crippen molar-refractivity contribution in [3.8, 4) is 0 Å². The molecule has 0 aliphatic carbocycles. The molecule has 1 aromatic rings. The number of nitrogens with one attached hydrogen (secondary N) is 1. The number of hydrogen-bond acceptors (Lipinski definition) is 7. The normalized spacial score (nSPS) is 30.7. The van der Waals surface area contributed by atoms with Gasteiger partial charge in [0.1, 0.15) is 12.2 Å². The largest absolute Gasteiger partial charge is 0.449 e. The molecule has 0 bridgehead atoms. The third kappa shape index (κ3) is 4.86. The molecule has 8 heteroatoms. The van der Waals surface area contributed by atoms with E-state index in [9.17, 15) is 9.59 Å². The van der Waals surface area contributed by atoms with Crippen molar-refractivity contribution in [1.29, 1.82) is 0 Å². The molecule has 0 aromatic heterocycles. The van der Waals surface area contributed by atoms with Crippen LogP contribution in [0.25, 0.3) is 0 Å². The summed E-state index contributed by atoms with van der Waals surface area (Å²) in [7, 11) is 0. The van der Waals surface area contributed by atoms with Crippen LogP contribution in [0.15, 0.2) is 30.3 Å². The standard InChI is InChI=1S/C20H27NO6S/c1-5-28-19-21-16(22)15(27-18(23)20(2,3)4)14-13(25-19)11-24-17(26-14)12-9-7-6-8-10-12/h6-10,13-15,17,19H,5,11H2,1-4H3,(H,21,22)/t13-,14-,15+,17?,19-/m1/s1. The number of amides is 1.